The molecule has 8 N–H and O–H groups in total. The molecule has 0 bridgehead atoms. The largest absolute Gasteiger partial charge is 0.457 e. The second kappa shape index (κ2) is 5.22. The van der Waals surface area contributed by atoms with Gasteiger partial charge in [-0.1, -0.05) is 18.2 Å². The number of ether oxygens (including phenoxy) is 1. The summed E-state index contributed by atoms with van der Waals surface area (Å²) in [7, 11) is 0. The van der Waals surface area contributed by atoms with Gasteiger partial charge in [-0.3, -0.25) is 22.3 Å². The first-order valence-corrected chi connectivity index (χ1v) is 5.71. The maximum absolute atomic E-state index is 5.69. The van der Waals surface area contributed by atoms with Crippen molar-refractivity contribution in [3.05, 3.63) is 59.7 Å². The third-order valence-electron chi connectivity index (χ3n) is 2.59. The van der Waals surface area contributed by atoms with Crippen LogP contribution in [0.2, 0.25) is 0 Å². The Labute approximate surface area is 110 Å². The highest BCUT2D eigenvalue weighted by Gasteiger charge is 2.16. The minimum atomic E-state index is 0.141. The summed E-state index contributed by atoms with van der Waals surface area (Å²) in [6, 6.07) is 14.6. The summed E-state index contributed by atoms with van der Waals surface area (Å²) in [5, 5.41) is 11.2. The number of hydrogen-bond acceptors (Lipinski definition) is 1. The molecule has 0 aliphatic carbocycles. The van der Waals surface area contributed by atoms with Crippen LogP contribution in [-0.2, 0) is 0 Å². The molecule has 19 heavy (non-hydrogen) atoms. The van der Waals surface area contributed by atoms with Gasteiger partial charge in [0.05, 0.1) is 11.1 Å². The summed E-state index contributed by atoms with van der Waals surface area (Å²) >= 11 is 0. The average Bonchev–Trinajstić information content (AvgIpc) is 2.39. The molecule has 0 radical (unpaired) electrons. The maximum Gasteiger partial charge on any atom is 0.271 e. The van der Waals surface area contributed by atoms with Gasteiger partial charge in [-0.2, -0.15) is 0 Å². The molecular weight excluding hydrogens is 240 g/mol. The summed E-state index contributed by atoms with van der Waals surface area (Å²) in [4.78, 5) is 0. The van der Waals surface area contributed by atoms with E-state index in [-0.39, 0.29) is 11.7 Å². The molecule has 0 fully saturated rings. The van der Waals surface area contributed by atoms with E-state index in [2.05, 4.69) is 0 Å². The van der Waals surface area contributed by atoms with E-state index in [0.717, 1.165) is 5.75 Å². The molecule has 5 heteroatoms. The standard InChI is InChI=1S/C14H14N4O/c15-13(16)11-7-6-10(8-12(11)14(17)18)19-9-4-2-1-3-5-9/h1-8H,(H3,15,16)(H3,17,18)/p+2. The number of para-hydroxylation sites is 1. The smallest absolute Gasteiger partial charge is 0.271 e. The lowest BCUT2D eigenvalue weighted by Gasteiger charge is -2.07. The summed E-state index contributed by atoms with van der Waals surface area (Å²) in [5.74, 6) is 1.64. The van der Waals surface area contributed by atoms with Gasteiger partial charge in [0.15, 0.2) is 0 Å². The molecule has 0 spiro atoms. The number of amidine groups is 2. The first kappa shape index (κ1) is 12.6. The number of hydrogen-bond donors (Lipinski definition) is 4. The summed E-state index contributed by atoms with van der Waals surface area (Å²) in [6.07, 6.45) is 0. The molecule has 0 aliphatic rings. The average molecular weight is 256 g/mol. The third kappa shape index (κ3) is 2.90. The van der Waals surface area contributed by atoms with Gasteiger partial charge >= 0.3 is 0 Å². The van der Waals surface area contributed by atoms with Crippen molar-refractivity contribution in [3.63, 3.8) is 0 Å². The minimum Gasteiger partial charge on any atom is -0.457 e. The van der Waals surface area contributed by atoms with Crippen LogP contribution in [0.4, 0.5) is 0 Å². The van der Waals surface area contributed by atoms with Crippen molar-refractivity contribution < 1.29 is 15.6 Å². The summed E-state index contributed by atoms with van der Waals surface area (Å²) in [5.41, 5.74) is 12.4. The molecule has 0 unspecified atom stereocenters. The van der Waals surface area contributed by atoms with Gasteiger partial charge in [-0.15, -0.1) is 0 Å². The van der Waals surface area contributed by atoms with E-state index >= 15 is 0 Å². The molecule has 2 aromatic rings. The molecule has 2 aromatic carbocycles. The Morgan fingerprint density at radius 3 is 2.00 bits per heavy atom. The third-order valence-corrected chi connectivity index (χ3v) is 2.59. The van der Waals surface area contributed by atoms with Crippen LogP contribution in [0.15, 0.2) is 48.5 Å². The van der Waals surface area contributed by atoms with Crippen molar-refractivity contribution in [1.82, 2.24) is 0 Å². The highest BCUT2D eigenvalue weighted by atomic mass is 16.5. The summed E-state index contributed by atoms with van der Waals surface area (Å²) in [6.45, 7) is 0. The predicted molar refractivity (Wildman–Crippen MR) is 73.4 cm³/mol. The molecule has 0 amide bonds. The van der Waals surface area contributed by atoms with E-state index in [0.29, 0.717) is 16.9 Å². The minimum absolute atomic E-state index is 0.141. The predicted octanol–water partition coefficient (Wildman–Crippen LogP) is -1.59. The first-order chi connectivity index (χ1) is 9.08. The lowest BCUT2D eigenvalue weighted by Crippen LogP contribution is -2.50. The van der Waals surface area contributed by atoms with E-state index in [4.69, 9.17) is 27.0 Å². The molecule has 0 heterocycles. The van der Waals surface area contributed by atoms with Crippen molar-refractivity contribution in [1.29, 1.82) is 0 Å². The van der Waals surface area contributed by atoms with Crippen molar-refractivity contribution in [3.8, 4) is 11.5 Å². The second-order valence-corrected chi connectivity index (χ2v) is 4.03. The highest BCUT2D eigenvalue weighted by Crippen LogP contribution is 2.23. The lowest BCUT2D eigenvalue weighted by molar-refractivity contribution is -0.116. The Morgan fingerprint density at radius 2 is 1.42 bits per heavy atom. The van der Waals surface area contributed by atoms with Crippen molar-refractivity contribution in [2.75, 3.05) is 0 Å². The van der Waals surface area contributed by atoms with Crippen LogP contribution in [0.5, 0.6) is 11.5 Å². The molecule has 2 rings (SSSR count). The fourth-order valence-electron chi connectivity index (χ4n) is 1.70. The number of nitrogens with two attached hydrogens (primary N) is 4. The van der Waals surface area contributed by atoms with Gasteiger partial charge in [0.25, 0.3) is 11.7 Å². The van der Waals surface area contributed by atoms with Gasteiger partial charge in [-0.25, -0.2) is 0 Å². The SMILES string of the molecule is NC(=[NH2+])c1ccc(Oc2ccccc2)cc1C(N)=[NH2+]. The second-order valence-electron chi connectivity index (χ2n) is 4.03. The Morgan fingerprint density at radius 1 is 0.789 bits per heavy atom. The van der Waals surface area contributed by atoms with Gasteiger partial charge in [0.2, 0.25) is 0 Å². The highest BCUT2D eigenvalue weighted by molar-refractivity contribution is 6.06. The topological polar surface area (TPSA) is 112 Å². The number of benzene rings is 2. The molecule has 0 saturated carbocycles. The van der Waals surface area contributed by atoms with Crippen molar-refractivity contribution in [2.24, 2.45) is 11.5 Å². The lowest BCUT2D eigenvalue weighted by atomic mass is 10.1. The van der Waals surface area contributed by atoms with Gasteiger partial charge in [0.1, 0.15) is 11.5 Å². The summed E-state index contributed by atoms with van der Waals surface area (Å²) < 4.78 is 5.69. The van der Waals surface area contributed by atoms with Crippen molar-refractivity contribution >= 4 is 11.7 Å². The molecular formula is C14H16N4O+2. The van der Waals surface area contributed by atoms with Crippen LogP contribution in [0.1, 0.15) is 11.1 Å². The molecule has 0 saturated heterocycles. The van der Waals surface area contributed by atoms with E-state index < -0.39 is 0 Å². The van der Waals surface area contributed by atoms with Crippen LogP contribution in [-0.4, -0.2) is 11.7 Å². The maximum atomic E-state index is 5.69. The van der Waals surface area contributed by atoms with Crippen LogP contribution in [0, 0.1) is 0 Å². The van der Waals surface area contributed by atoms with E-state index in [1.807, 2.05) is 30.3 Å². The van der Waals surface area contributed by atoms with Crippen molar-refractivity contribution in [2.45, 2.75) is 0 Å². The number of rotatable bonds is 4. The normalized spacial score (nSPS) is 9.89. The molecule has 0 aromatic heterocycles. The van der Waals surface area contributed by atoms with Crippen LogP contribution >= 0.6 is 0 Å². The fraction of sp³-hybridized carbons (Fsp3) is 0. The Bertz CT molecular complexity index is 623. The fourth-order valence-corrected chi connectivity index (χ4v) is 1.70. The monoisotopic (exact) mass is 256 g/mol. The molecule has 5 nitrogen and oxygen atoms in total. The molecule has 96 valence electrons. The van der Waals surface area contributed by atoms with Crippen LogP contribution < -0.4 is 27.0 Å². The van der Waals surface area contributed by atoms with Crippen LogP contribution in [0.3, 0.4) is 0 Å². The zero-order valence-electron chi connectivity index (χ0n) is 10.3. The Kier molecular flexibility index (Phi) is 3.47. The first-order valence-electron chi connectivity index (χ1n) is 5.71. The van der Waals surface area contributed by atoms with E-state index in [1.165, 1.54) is 0 Å². The zero-order chi connectivity index (χ0) is 13.8. The Balaban J connectivity index is 2.36. The Hall–Kier alpha value is -2.82. The van der Waals surface area contributed by atoms with E-state index in [9.17, 15) is 0 Å². The molecule has 0 aliphatic heterocycles. The van der Waals surface area contributed by atoms with E-state index in [1.54, 1.807) is 18.2 Å². The van der Waals surface area contributed by atoms with Gasteiger partial charge in [-0.05, 0) is 30.3 Å². The van der Waals surface area contributed by atoms with Crippen LogP contribution in [0.25, 0.3) is 0 Å². The molecule has 0 atom stereocenters. The quantitative estimate of drug-likeness (QED) is 0.390. The van der Waals surface area contributed by atoms with Gasteiger partial charge < -0.3 is 4.74 Å². The zero-order valence-corrected chi connectivity index (χ0v) is 10.3. The van der Waals surface area contributed by atoms with Gasteiger partial charge in [0, 0.05) is 0 Å².